The van der Waals surface area contributed by atoms with E-state index in [-0.39, 0.29) is 36.0 Å². The van der Waals surface area contributed by atoms with E-state index in [2.05, 4.69) is 0 Å². The second kappa shape index (κ2) is 13.4. The number of halogens is 18. The van der Waals surface area contributed by atoms with E-state index in [0.717, 1.165) is 0 Å². The molecular formula is C18H11Cl18O. The SMILES string of the molecule is [O]CCCCc1c(C(Cl)(Cl)C(Cl)(Cl)C(Cl)(Cl)C(Cl)(Cl)Cl)cccc1C(Cl)(Cl)C(Cl)(Cl)C(Cl)(Cl)C(Cl)(Cl)Cl. The van der Waals surface area contributed by atoms with E-state index >= 15 is 0 Å². The third kappa shape index (κ3) is 7.45. The average Bonchev–Trinajstić information content (AvgIpc) is 2.71. The summed E-state index contributed by atoms with van der Waals surface area (Å²) in [5, 5.41) is 11.1. The van der Waals surface area contributed by atoms with Gasteiger partial charge in [-0.3, -0.25) is 0 Å². The summed E-state index contributed by atoms with van der Waals surface area (Å²) >= 11 is 113. The summed E-state index contributed by atoms with van der Waals surface area (Å²) in [6.07, 6.45) is 0.487. The van der Waals surface area contributed by atoms with Crippen LogP contribution in [0.3, 0.4) is 0 Å². The first kappa shape index (κ1) is 39.4. The topological polar surface area (TPSA) is 19.9 Å². The van der Waals surface area contributed by atoms with E-state index in [0.29, 0.717) is 0 Å². The molecule has 0 aromatic heterocycles. The van der Waals surface area contributed by atoms with Crippen molar-refractivity contribution >= 4 is 209 Å². The first-order valence-corrected chi connectivity index (χ1v) is 16.1. The first-order valence-electron chi connectivity index (χ1n) is 9.29. The van der Waals surface area contributed by atoms with Crippen LogP contribution in [-0.4, -0.2) is 31.5 Å². The predicted molar refractivity (Wildman–Crippen MR) is 170 cm³/mol. The van der Waals surface area contributed by atoms with Gasteiger partial charge in [-0.25, -0.2) is 5.11 Å². The minimum absolute atomic E-state index is 0.0283. The average molecular weight is 881 g/mol. The molecule has 0 heterocycles. The zero-order chi connectivity index (χ0) is 29.7. The van der Waals surface area contributed by atoms with Crippen LogP contribution in [0.25, 0.3) is 0 Å². The van der Waals surface area contributed by atoms with Crippen LogP contribution >= 0.6 is 209 Å². The summed E-state index contributed by atoms with van der Waals surface area (Å²) < 4.78 is -20.4. The summed E-state index contributed by atoms with van der Waals surface area (Å²) in [6, 6.07) is 4.11. The van der Waals surface area contributed by atoms with Crippen molar-refractivity contribution in [3.63, 3.8) is 0 Å². The van der Waals surface area contributed by atoms with Crippen LogP contribution in [0.1, 0.15) is 29.5 Å². The van der Waals surface area contributed by atoms with E-state index in [4.69, 9.17) is 209 Å². The Morgan fingerprint density at radius 2 is 0.811 bits per heavy atom. The fourth-order valence-corrected chi connectivity index (χ4v) is 7.57. The standard InChI is InChI=1S/C18H11Cl18O/c19-11(20,13(23,24)15(27,28)17(31,32)33)9-5-3-6-10(8(9)4-1-2-7-37)12(21,22)14(25,26)16(29,30)18(34,35)36/h3,5-6H,1-2,4,7H2. The fourth-order valence-electron chi connectivity index (χ4n) is 2.94. The van der Waals surface area contributed by atoms with Gasteiger partial charge in [-0.1, -0.05) is 227 Å². The summed E-state index contributed by atoms with van der Waals surface area (Å²) in [5.41, 5.74) is -0.0330. The van der Waals surface area contributed by atoms with Gasteiger partial charge in [0, 0.05) is 0 Å². The van der Waals surface area contributed by atoms with Crippen LogP contribution in [-0.2, 0) is 20.2 Å². The highest BCUT2D eigenvalue weighted by atomic mass is 35.6. The van der Waals surface area contributed by atoms with Crippen molar-refractivity contribution in [3.8, 4) is 0 Å². The van der Waals surface area contributed by atoms with Gasteiger partial charge in [0.15, 0.2) is 17.3 Å². The van der Waals surface area contributed by atoms with Crippen molar-refractivity contribution in [3.05, 3.63) is 34.9 Å². The van der Waals surface area contributed by atoms with Crippen LogP contribution in [0.2, 0.25) is 0 Å². The molecule has 0 atom stereocenters. The van der Waals surface area contributed by atoms with Crippen LogP contribution in [0.4, 0.5) is 0 Å². The lowest BCUT2D eigenvalue weighted by atomic mass is 9.89. The molecule has 1 rings (SSSR count). The Morgan fingerprint density at radius 3 is 1.08 bits per heavy atom. The van der Waals surface area contributed by atoms with Gasteiger partial charge in [0.1, 0.15) is 0 Å². The Labute approximate surface area is 304 Å². The zero-order valence-corrected chi connectivity index (χ0v) is 30.9. The second-order valence-electron chi connectivity index (χ2n) is 7.43. The fraction of sp³-hybridized carbons (Fsp3) is 0.667. The molecule has 19 heteroatoms. The number of benzene rings is 1. The van der Waals surface area contributed by atoms with Crippen molar-refractivity contribution in [1.82, 2.24) is 0 Å². The Kier molecular flexibility index (Phi) is 14.3. The Morgan fingerprint density at radius 1 is 0.486 bits per heavy atom. The molecule has 1 aromatic rings. The van der Waals surface area contributed by atoms with Crippen LogP contribution < -0.4 is 0 Å². The molecule has 0 amide bonds. The molecule has 0 unspecified atom stereocenters. The number of hydrogen-bond acceptors (Lipinski definition) is 0. The van der Waals surface area contributed by atoms with Crippen LogP contribution in [0, 0.1) is 0 Å². The molecular weight excluding hydrogens is 870 g/mol. The lowest BCUT2D eigenvalue weighted by molar-refractivity contribution is 0.187. The van der Waals surface area contributed by atoms with Gasteiger partial charge >= 0.3 is 0 Å². The van der Waals surface area contributed by atoms with Crippen molar-refractivity contribution in [2.24, 2.45) is 0 Å². The highest BCUT2D eigenvalue weighted by molar-refractivity contribution is 6.81. The molecule has 0 spiro atoms. The number of alkyl halides is 18. The van der Waals surface area contributed by atoms with Gasteiger partial charge in [-0.15, -0.1) is 0 Å². The van der Waals surface area contributed by atoms with E-state index < -0.39 is 40.2 Å². The van der Waals surface area contributed by atoms with Gasteiger partial charge in [0.25, 0.3) is 0 Å². The normalized spacial score (nSPS) is 15.3. The molecule has 0 fully saturated rings. The Hall–Kier alpha value is 4.40. The quantitative estimate of drug-likeness (QED) is 0.165. The molecule has 0 N–H and O–H groups in total. The van der Waals surface area contributed by atoms with E-state index in [1.54, 1.807) is 0 Å². The largest absolute Gasteiger partial charge is 0.237 e. The van der Waals surface area contributed by atoms with Crippen molar-refractivity contribution in [2.45, 2.75) is 52.8 Å². The molecule has 0 bridgehead atoms. The molecule has 0 aliphatic heterocycles. The zero-order valence-electron chi connectivity index (χ0n) is 17.3. The van der Waals surface area contributed by atoms with Crippen molar-refractivity contribution < 1.29 is 5.11 Å². The monoisotopic (exact) mass is 873 g/mol. The van der Waals surface area contributed by atoms with Gasteiger partial charge in [-0.05, 0) is 36.0 Å². The van der Waals surface area contributed by atoms with Crippen molar-refractivity contribution in [1.29, 1.82) is 0 Å². The highest BCUT2D eigenvalue weighted by Crippen LogP contribution is 2.68. The van der Waals surface area contributed by atoms with Crippen LogP contribution in [0.15, 0.2) is 18.2 Å². The van der Waals surface area contributed by atoms with Crippen LogP contribution in [0.5, 0.6) is 0 Å². The minimum atomic E-state index is -2.63. The summed E-state index contributed by atoms with van der Waals surface area (Å²) in [7, 11) is 0. The third-order valence-electron chi connectivity index (χ3n) is 4.96. The Balaban J connectivity index is 4.03. The number of hydrogen-bond donors (Lipinski definition) is 0. The van der Waals surface area contributed by atoms with Gasteiger partial charge < -0.3 is 0 Å². The molecule has 0 aliphatic rings. The molecule has 1 radical (unpaired) electrons. The maximum absolute atomic E-state index is 11.1. The lowest BCUT2D eigenvalue weighted by Crippen LogP contribution is -2.56. The minimum Gasteiger partial charge on any atom is -0.237 e. The third-order valence-corrected chi connectivity index (χ3v) is 15.9. The maximum Gasteiger partial charge on any atom is 0.226 e. The summed E-state index contributed by atoms with van der Waals surface area (Å²) in [4.78, 5) is 0. The lowest BCUT2D eigenvalue weighted by Gasteiger charge is -2.46. The number of rotatable bonds is 10. The number of unbranched alkanes of at least 4 members (excludes halogenated alkanes) is 1. The molecule has 1 aromatic carbocycles. The second-order valence-corrected chi connectivity index (χ2v) is 20.0. The van der Waals surface area contributed by atoms with E-state index in [1.165, 1.54) is 18.2 Å². The summed E-state index contributed by atoms with van der Waals surface area (Å²) in [5.74, 6) is 0. The molecule has 0 saturated heterocycles. The van der Waals surface area contributed by atoms with Gasteiger partial charge in [0.2, 0.25) is 16.3 Å². The highest BCUT2D eigenvalue weighted by Gasteiger charge is 2.71. The summed E-state index contributed by atoms with van der Waals surface area (Å²) in [6.45, 7) is -0.416. The predicted octanol–water partition coefficient (Wildman–Crippen LogP) is 13.1. The van der Waals surface area contributed by atoms with E-state index in [1.807, 2.05) is 0 Å². The molecule has 37 heavy (non-hydrogen) atoms. The molecule has 0 saturated carbocycles. The van der Waals surface area contributed by atoms with Gasteiger partial charge in [0.05, 0.1) is 6.61 Å². The molecule has 0 aliphatic carbocycles. The van der Waals surface area contributed by atoms with E-state index in [9.17, 15) is 5.11 Å². The van der Waals surface area contributed by atoms with Gasteiger partial charge in [-0.2, -0.15) is 0 Å². The maximum atomic E-state index is 11.1. The first-order chi connectivity index (χ1) is 16.2. The molecule has 215 valence electrons. The molecule has 1 nitrogen and oxygen atoms in total. The smallest absolute Gasteiger partial charge is 0.226 e. The van der Waals surface area contributed by atoms with Crippen molar-refractivity contribution in [2.75, 3.05) is 6.61 Å². The Bertz CT molecular complexity index is 875.